The SMILES string of the molecule is Cc1cccc(N=c2scc(-c3ccc4c(c3)OCCO4)n2N=C2CCCCC2)c1. The monoisotopic (exact) mass is 419 g/mol. The Morgan fingerprint density at radius 2 is 1.77 bits per heavy atom. The van der Waals surface area contributed by atoms with Crippen molar-refractivity contribution in [2.24, 2.45) is 10.1 Å². The largest absolute Gasteiger partial charge is 0.486 e. The van der Waals surface area contributed by atoms with Gasteiger partial charge in [-0.05, 0) is 68.5 Å². The van der Waals surface area contributed by atoms with Gasteiger partial charge in [-0.2, -0.15) is 5.10 Å². The highest BCUT2D eigenvalue weighted by Gasteiger charge is 2.16. The van der Waals surface area contributed by atoms with Crippen molar-refractivity contribution in [3.8, 4) is 22.8 Å². The summed E-state index contributed by atoms with van der Waals surface area (Å²) in [4.78, 5) is 5.80. The van der Waals surface area contributed by atoms with Gasteiger partial charge in [-0.3, -0.25) is 0 Å². The molecule has 0 saturated heterocycles. The topological polar surface area (TPSA) is 48.1 Å². The number of benzene rings is 2. The van der Waals surface area contributed by atoms with Gasteiger partial charge in [-0.15, -0.1) is 11.3 Å². The number of fused-ring (bicyclic) bond motifs is 1. The second-order valence-corrected chi connectivity index (χ2v) is 8.59. The highest BCUT2D eigenvalue weighted by atomic mass is 32.1. The minimum Gasteiger partial charge on any atom is -0.486 e. The molecule has 2 aliphatic rings. The Labute approximate surface area is 180 Å². The van der Waals surface area contributed by atoms with Gasteiger partial charge in [0.2, 0.25) is 4.80 Å². The predicted octanol–water partition coefficient (Wildman–Crippen LogP) is 5.70. The van der Waals surface area contributed by atoms with Crippen LogP contribution in [0.4, 0.5) is 5.69 Å². The van der Waals surface area contributed by atoms with E-state index in [0.717, 1.165) is 46.1 Å². The summed E-state index contributed by atoms with van der Waals surface area (Å²) >= 11 is 1.61. The van der Waals surface area contributed by atoms with Crippen LogP contribution in [0.3, 0.4) is 0 Å². The van der Waals surface area contributed by atoms with Crippen LogP contribution in [0.5, 0.6) is 11.5 Å². The Morgan fingerprint density at radius 3 is 2.60 bits per heavy atom. The minimum atomic E-state index is 0.580. The van der Waals surface area contributed by atoms with Crippen molar-refractivity contribution in [2.45, 2.75) is 39.0 Å². The van der Waals surface area contributed by atoms with Crippen LogP contribution in [0.2, 0.25) is 0 Å². The van der Waals surface area contributed by atoms with E-state index < -0.39 is 0 Å². The van der Waals surface area contributed by atoms with E-state index in [1.54, 1.807) is 11.3 Å². The van der Waals surface area contributed by atoms with Crippen LogP contribution in [-0.4, -0.2) is 23.6 Å². The molecule has 3 aromatic rings. The van der Waals surface area contributed by atoms with Crippen molar-refractivity contribution in [3.63, 3.8) is 0 Å². The molecule has 0 amide bonds. The average molecular weight is 420 g/mol. The van der Waals surface area contributed by atoms with E-state index >= 15 is 0 Å². The summed E-state index contributed by atoms with van der Waals surface area (Å²) in [5.74, 6) is 1.59. The highest BCUT2D eigenvalue weighted by Crippen LogP contribution is 2.35. The van der Waals surface area contributed by atoms with Gasteiger partial charge in [0.1, 0.15) is 13.2 Å². The maximum Gasteiger partial charge on any atom is 0.211 e. The molecule has 1 aliphatic carbocycles. The number of thiazole rings is 1. The molecule has 1 fully saturated rings. The molecular formula is C24H25N3O2S. The maximum atomic E-state index is 5.80. The zero-order valence-electron chi connectivity index (χ0n) is 17.1. The van der Waals surface area contributed by atoms with Gasteiger partial charge in [-0.25, -0.2) is 9.67 Å². The summed E-state index contributed by atoms with van der Waals surface area (Å²) in [7, 11) is 0. The number of hydrogen-bond donors (Lipinski definition) is 0. The van der Waals surface area contributed by atoms with Gasteiger partial charge in [0.25, 0.3) is 0 Å². The van der Waals surface area contributed by atoms with Crippen molar-refractivity contribution in [1.82, 2.24) is 4.68 Å². The Hall–Kier alpha value is -2.86. The third kappa shape index (κ3) is 4.05. The molecule has 5 nitrogen and oxygen atoms in total. The zero-order valence-corrected chi connectivity index (χ0v) is 18.0. The molecular weight excluding hydrogens is 394 g/mol. The Bertz CT molecular complexity index is 1150. The lowest BCUT2D eigenvalue weighted by atomic mass is 9.99. The van der Waals surface area contributed by atoms with Gasteiger partial charge in [-0.1, -0.05) is 18.6 Å². The van der Waals surface area contributed by atoms with E-state index in [1.807, 2.05) is 28.9 Å². The number of aromatic nitrogens is 1. The molecule has 0 atom stereocenters. The molecule has 0 spiro atoms. The number of rotatable bonds is 3. The molecule has 1 aromatic heterocycles. The Balaban J connectivity index is 1.63. The number of ether oxygens (including phenoxy) is 2. The van der Waals surface area contributed by atoms with Crippen molar-refractivity contribution in [1.29, 1.82) is 0 Å². The second kappa shape index (κ2) is 8.48. The smallest absolute Gasteiger partial charge is 0.211 e. The lowest BCUT2D eigenvalue weighted by Crippen LogP contribution is -2.16. The molecule has 0 radical (unpaired) electrons. The van der Waals surface area contributed by atoms with Crippen molar-refractivity contribution in [2.75, 3.05) is 13.2 Å². The van der Waals surface area contributed by atoms with Crippen LogP contribution in [0.15, 0.2) is 57.9 Å². The average Bonchev–Trinajstić information content (AvgIpc) is 3.16. The molecule has 0 bridgehead atoms. The van der Waals surface area contributed by atoms with Crippen LogP contribution in [0, 0.1) is 6.92 Å². The quantitative estimate of drug-likeness (QED) is 0.547. The van der Waals surface area contributed by atoms with E-state index in [1.165, 1.54) is 30.5 Å². The van der Waals surface area contributed by atoms with Crippen LogP contribution < -0.4 is 14.3 Å². The van der Waals surface area contributed by atoms with Gasteiger partial charge in [0, 0.05) is 16.7 Å². The van der Waals surface area contributed by atoms with E-state index in [4.69, 9.17) is 19.6 Å². The van der Waals surface area contributed by atoms with Crippen LogP contribution in [-0.2, 0) is 0 Å². The molecule has 0 unspecified atom stereocenters. The molecule has 30 heavy (non-hydrogen) atoms. The lowest BCUT2D eigenvalue weighted by molar-refractivity contribution is 0.171. The summed E-state index contributed by atoms with van der Waals surface area (Å²) < 4.78 is 13.5. The summed E-state index contributed by atoms with van der Waals surface area (Å²) in [5.41, 5.74) is 5.49. The summed E-state index contributed by atoms with van der Waals surface area (Å²) in [6.45, 7) is 3.26. The molecule has 1 aliphatic heterocycles. The van der Waals surface area contributed by atoms with Gasteiger partial charge >= 0.3 is 0 Å². The molecule has 0 N–H and O–H groups in total. The minimum absolute atomic E-state index is 0.580. The van der Waals surface area contributed by atoms with Gasteiger partial charge in [0.05, 0.1) is 11.4 Å². The first-order chi connectivity index (χ1) is 14.8. The standard InChI is InChI=1S/C24H25N3O2S/c1-17-6-5-9-20(14-17)25-24-27(26-19-7-3-2-4-8-19)21(16-30-24)18-10-11-22-23(15-18)29-13-12-28-22/h5-6,9-11,14-16H,2-4,7-8,12-13H2,1H3. The van der Waals surface area contributed by atoms with E-state index in [9.17, 15) is 0 Å². The van der Waals surface area contributed by atoms with Crippen molar-refractivity contribution in [3.05, 3.63) is 58.2 Å². The lowest BCUT2D eigenvalue weighted by Gasteiger charge is -2.19. The normalized spacial score (nSPS) is 16.6. The Kier molecular flexibility index (Phi) is 5.41. The summed E-state index contributed by atoms with van der Waals surface area (Å²) in [6, 6.07) is 14.4. The number of nitrogens with zero attached hydrogens (tertiary/aromatic N) is 3. The fraction of sp³-hybridized carbons (Fsp3) is 0.333. The summed E-state index contributed by atoms with van der Waals surface area (Å²) in [5, 5.41) is 7.19. The molecule has 2 aromatic carbocycles. The second-order valence-electron chi connectivity index (χ2n) is 7.75. The number of aryl methyl sites for hydroxylation is 1. The first-order valence-electron chi connectivity index (χ1n) is 10.5. The third-order valence-electron chi connectivity index (χ3n) is 5.42. The van der Waals surface area contributed by atoms with Crippen molar-refractivity contribution >= 4 is 22.7 Å². The highest BCUT2D eigenvalue weighted by molar-refractivity contribution is 7.07. The fourth-order valence-corrected chi connectivity index (χ4v) is 4.73. The molecule has 1 saturated carbocycles. The van der Waals surface area contributed by atoms with Gasteiger partial charge < -0.3 is 9.47 Å². The molecule has 6 heteroatoms. The van der Waals surface area contributed by atoms with E-state index in [0.29, 0.717) is 13.2 Å². The fourth-order valence-electron chi connectivity index (χ4n) is 3.88. The van der Waals surface area contributed by atoms with Crippen LogP contribution >= 0.6 is 11.3 Å². The first-order valence-corrected chi connectivity index (χ1v) is 11.4. The summed E-state index contributed by atoms with van der Waals surface area (Å²) in [6.07, 6.45) is 5.85. The maximum absolute atomic E-state index is 5.80. The van der Waals surface area contributed by atoms with E-state index in [-0.39, 0.29) is 0 Å². The van der Waals surface area contributed by atoms with Crippen LogP contribution in [0.25, 0.3) is 11.3 Å². The Morgan fingerprint density at radius 1 is 0.933 bits per heavy atom. The molecule has 2 heterocycles. The van der Waals surface area contributed by atoms with E-state index in [2.05, 4.69) is 30.5 Å². The predicted molar refractivity (Wildman–Crippen MR) is 121 cm³/mol. The first kappa shape index (κ1) is 19.1. The van der Waals surface area contributed by atoms with Crippen LogP contribution in [0.1, 0.15) is 37.7 Å². The zero-order chi connectivity index (χ0) is 20.3. The third-order valence-corrected chi connectivity index (χ3v) is 6.24. The molecule has 154 valence electrons. The van der Waals surface area contributed by atoms with Gasteiger partial charge in [0.15, 0.2) is 11.5 Å². The van der Waals surface area contributed by atoms with Crippen molar-refractivity contribution < 1.29 is 9.47 Å². The number of hydrogen-bond acceptors (Lipinski definition) is 5. The molecule has 5 rings (SSSR count).